The first-order valence-corrected chi connectivity index (χ1v) is 11.3. The van der Waals surface area contributed by atoms with Crippen molar-refractivity contribution < 1.29 is 4.79 Å². The quantitative estimate of drug-likeness (QED) is 0.540. The van der Waals surface area contributed by atoms with Crippen LogP contribution in [-0.4, -0.2) is 32.0 Å². The lowest BCUT2D eigenvalue weighted by Gasteiger charge is -2.25. The molecule has 0 bridgehead atoms. The zero-order valence-corrected chi connectivity index (χ0v) is 19.9. The van der Waals surface area contributed by atoms with Gasteiger partial charge in [-0.25, -0.2) is 14.8 Å². The molecule has 0 atom stereocenters. The van der Waals surface area contributed by atoms with Gasteiger partial charge in [-0.2, -0.15) is 0 Å². The van der Waals surface area contributed by atoms with E-state index in [4.69, 9.17) is 5.73 Å². The molecule has 1 amide bonds. The van der Waals surface area contributed by atoms with Gasteiger partial charge in [-0.05, 0) is 50.8 Å². The van der Waals surface area contributed by atoms with Gasteiger partial charge in [-0.15, -0.1) is 0 Å². The Balaban J connectivity index is 2.13. The van der Waals surface area contributed by atoms with E-state index in [0.29, 0.717) is 35.5 Å². The number of fused-ring (bicyclic) bond motifs is 1. The number of aryl methyl sites for hydroxylation is 2. The van der Waals surface area contributed by atoms with E-state index >= 15 is 0 Å². The Morgan fingerprint density at radius 2 is 1.82 bits per heavy atom. The summed E-state index contributed by atoms with van der Waals surface area (Å²) in [6, 6.07) is 5.10. The molecule has 0 saturated carbocycles. The number of hydrogen-bond donors (Lipinski definition) is 2. The lowest BCUT2D eigenvalue weighted by molar-refractivity contribution is 0.0985. The third-order valence-electron chi connectivity index (χ3n) is 5.72. The number of aromatic amines is 1. The number of amides is 1. The number of H-pyrrole nitrogens is 1. The normalized spacial score (nSPS) is 11.3. The van der Waals surface area contributed by atoms with Crippen molar-refractivity contribution >= 4 is 28.4 Å². The predicted molar refractivity (Wildman–Crippen MR) is 131 cm³/mol. The molecule has 1 aromatic carbocycles. The maximum Gasteiger partial charge on any atom is 0.330 e. The van der Waals surface area contributed by atoms with Gasteiger partial charge in [0.2, 0.25) is 0 Å². The molecule has 3 N–H and O–H groups in total. The second kappa shape index (κ2) is 9.97. The van der Waals surface area contributed by atoms with Crippen molar-refractivity contribution in [2.24, 2.45) is 5.92 Å². The fourth-order valence-electron chi connectivity index (χ4n) is 3.60. The Morgan fingerprint density at radius 1 is 1.15 bits per heavy atom. The van der Waals surface area contributed by atoms with Gasteiger partial charge >= 0.3 is 5.69 Å². The first-order chi connectivity index (χ1) is 15.6. The van der Waals surface area contributed by atoms with Gasteiger partial charge in [0.15, 0.2) is 5.69 Å². The molecule has 0 aliphatic heterocycles. The minimum absolute atomic E-state index is 0.00126. The zero-order chi connectivity index (χ0) is 24.3. The Bertz CT molecular complexity index is 1290. The Kier molecular flexibility index (Phi) is 7.30. The van der Waals surface area contributed by atoms with E-state index in [-0.39, 0.29) is 24.0 Å². The summed E-state index contributed by atoms with van der Waals surface area (Å²) in [5.74, 6) is -0.0866. The molecule has 0 radical (unpaired) electrons. The monoisotopic (exact) mass is 452 g/mol. The average molecular weight is 453 g/mol. The van der Waals surface area contributed by atoms with Crippen molar-refractivity contribution in [3.05, 3.63) is 56.0 Å². The van der Waals surface area contributed by atoms with Gasteiger partial charge in [0.1, 0.15) is 5.82 Å². The molecule has 2 heterocycles. The van der Waals surface area contributed by atoms with Crippen LogP contribution < -0.4 is 21.9 Å². The summed E-state index contributed by atoms with van der Waals surface area (Å²) in [6.45, 7) is 10.5. The molecular weight excluding hydrogens is 420 g/mol. The molecule has 33 heavy (non-hydrogen) atoms. The lowest BCUT2D eigenvalue weighted by Crippen LogP contribution is -2.42. The summed E-state index contributed by atoms with van der Waals surface area (Å²) >= 11 is 0. The number of carbonyl (C=O) groups excluding carboxylic acids is 1. The van der Waals surface area contributed by atoms with E-state index in [9.17, 15) is 14.4 Å². The van der Waals surface area contributed by atoms with Crippen LogP contribution in [-0.2, 0) is 6.54 Å². The number of carbonyl (C=O) groups is 1. The fraction of sp³-hybridized carbons (Fsp3) is 0.458. The van der Waals surface area contributed by atoms with Crippen molar-refractivity contribution in [1.82, 2.24) is 19.5 Å². The first-order valence-electron chi connectivity index (χ1n) is 11.3. The van der Waals surface area contributed by atoms with Gasteiger partial charge < -0.3 is 10.6 Å². The molecule has 0 aliphatic rings. The number of anilines is 2. The molecule has 176 valence electrons. The molecule has 9 heteroatoms. The van der Waals surface area contributed by atoms with Gasteiger partial charge in [0.25, 0.3) is 11.5 Å². The van der Waals surface area contributed by atoms with Gasteiger partial charge in [0.05, 0.1) is 22.4 Å². The van der Waals surface area contributed by atoms with Crippen LogP contribution in [0.1, 0.15) is 61.8 Å². The van der Waals surface area contributed by atoms with Crippen molar-refractivity contribution in [1.29, 1.82) is 0 Å². The number of nitrogens with zero attached hydrogens (tertiary/aromatic N) is 4. The number of aromatic nitrogens is 4. The third-order valence-corrected chi connectivity index (χ3v) is 5.72. The van der Waals surface area contributed by atoms with E-state index in [2.05, 4.69) is 15.0 Å². The summed E-state index contributed by atoms with van der Waals surface area (Å²) in [7, 11) is 0. The van der Waals surface area contributed by atoms with E-state index in [0.717, 1.165) is 24.2 Å². The third kappa shape index (κ3) is 5.13. The highest BCUT2D eigenvalue weighted by atomic mass is 16.2. The highest BCUT2D eigenvalue weighted by molar-refractivity contribution is 6.08. The number of unbranched alkanes of at least 4 members (excludes halogenated alkanes) is 1. The van der Waals surface area contributed by atoms with E-state index in [1.807, 2.05) is 34.6 Å². The SMILES string of the molecule is CCCCn1c(N)c(N(CCC(C)C)C(=O)c2ccc3nc(C)c(C)nc3c2)c(=O)[nH]c1=O. The number of rotatable bonds is 8. The Morgan fingerprint density at radius 3 is 2.45 bits per heavy atom. The Hall–Kier alpha value is -3.49. The molecule has 0 aliphatic carbocycles. The van der Waals surface area contributed by atoms with Crippen LogP contribution in [0, 0.1) is 19.8 Å². The molecular formula is C24H32N6O3. The van der Waals surface area contributed by atoms with Crippen molar-refractivity contribution in [3.63, 3.8) is 0 Å². The van der Waals surface area contributed by atoms with Crippen molar-refractivity contribution in [2.45, 2.75) is 60.4 Å². The van der Waals surface area contributed by atoms with Crippen LogP contribution in [0.3, 0.4) is 0 Å². The van der Waals surface area contributed by atoms with Crippen LogP contribution >= 0.6 is 0 Å². The molecule has 2 aromatic heterocycles. The minimum atomic E-state index is -0.672. The van der Waals surface area contributed by atoms with Crippen LogP contribution in [0.4, 0.5) is 11.5 Å². The van der Waals surface area contributed by atoms with Crippen molar-refractivity contribution in [3.8, 4) is 0 Å². The summed E-state index contributed by atoms with van der Waals surface area (Å²) in [5, 5.41) is 0. The highest BCUT2D eigenvalue weighted by Gasteiger charge is 2.25. The Labute approximate surface area is 192 Å². The maximum atomic E-state index is 13.7. The molecule has 0 fully saturated rings. The molecule has 0 unspecified atom stereocenters. The van der Waals surface area contributed by atoms with Gasteiger partial charge in [0, 0.05) is 18.7 Å². The molecule has 0 spiro atoms. The predicted octanol–water partition coefficient (Wildman–Crippen LogP) is 3.17. The lowest BCUT2D eigenvalue weighted by atomic mass is 10.1. The summed E-state index contributed by atoms with van der Waals surface area (Å²) in [6.07, 6.45) is 2.23. The van der Waals surface area contributed by atoms with Crippen molar-refractivity contribution in [2.75, 3.05) is 17.2 Å². The summed E-state index contributed by atoms with van der Waals surface area (Å²) < 4.78 is 1.33. The number of nitrogen functional groups attached to an aromatic ring is 1. The molecule has 9 nitrogen and oxygen atoms in total. The topological polar surface area (TPSA) is 127 Å². The zero-order valence-electron chi connectivity index (χ0n) is 19.9. The number of benzene rings is 1. The largest absolute Gasteiger partial charge is 0.383 e. The van der Waals surface area contributed by atoms with E-state index in [1.54, 1.807) is 18.2 Å². The molecule has 3 rings (SSSR count). The number of nitrogens with one attached hydrogen (secondary N) is 1. The second-order valence-electron chi connectivity index (χ2n) is 8.74. The molecule has 0 saturated heterocycles. The highest BCUT2D eigenvalue weighted by Crippen LogP contribution is 2.23. The van der Waals surface area contributed by atoms with Gasteiger partial charge in [-0.1, -0.05) is 27.2 Å². The van der Waals surface area contributed by atoms with Gasteiger partial charge in [-0.3, -0.25) is 19.1 Å². The smallest absolute Gasteiger partial charge is 0.330 e. The fourth-order valence-corrected chi connectivity index (χ4v) is 3.60. The summed E-state index contributed by atoms with van der Waals surface area (Å²) in [5.41, 5.74) is 8.33. The molecule has 3 aromatic rings. The van der Waals surface area contributed by atoms with E-state index < -0.39 is 11.2 Å². The van der Waals surface area contributed by atoms with Crippen LogP contribution in [0.25, 0.3) is 11.0 Å². The standard InChI is InChI=1S/C24H32N6O3/c1-6-7-11-30-21(25)20(22(31)28-24(30)33)29(12-10-14(2)3)23(32)17-8-9-18-19(13-17)27-16(5)15(4)26-18/h8-9,13-14H,6-7,10-12,25H2,1-5H3,(H,28,31,33). The van der Waals surface area contributed by atoms with Crippen LogP contribution in [0.2, 0.25) is 0 Å². The van der Waals surface area contributed by atoms with E-state index in [1.165, 1.54) is 9.47 Å². The summed E-state index contributed by atoms with van der Waals surface area (Å²) in [4.78, 5) is 51.6. The van der Waals surface area contributed by atoms with Crippen LogP contribution in [0.5, 0.6) is 0 Å². The number of hydrogen-bond acceptors (Lipinski definition) is 6. The van der Waals surface area contributed by atoms with Crippen LogP contribution in [0.15, 0.2) is 27.8 Å². The minimum Gasteiger partial charge on any atom is -0.383 e. The first kappa shape index (κ1) is 24.2. The maximum absolute atomic E-state index is 13.7. The average Bonchev–Trinajstić information content (AvgIpc) is 2.75. The second-order valence-corrected chi connectivity index (χ2v) is 8.74. The number of nitrogens with two attached hydrogens (primary N) is 1.